The lowest BCUT2D eigenvalue weighted by Crippen LogP contribution is -2.20. The summed E-state index contributed by atoms with van der Waals surface area (Å²) >= 11 is 16.4. The van der Waals surface area contributed by atoms with E-state index < -0.39 is 11.8 Å². The van der Waals surface area contributed by atoms with Gasteiger partial charge in [0.15, 0.2) is 0 Å². The van der Waals surface area contributed by atoms with Gasteiger partial charge in [-0.2, -0.15) is 0 Å². The molecule has 3 aromatic carbocycles. The van der Waals surface area contributed by atoms with E-state index >= 15 is 0 Å². The number of phenolic OH excluding ortho intramolecular Hbond substituents is 1. The van der Waals surface area contributed by atoms with Gasteiger partial charge >= 0.3 is 0 Å². The van der Waals surface area contributed by atoms with Crippen LogP contribution in [0.25, 0.3) is 32.9 Å². The molecule has 4 aromatic rings. The molecular formula is C23H15BrCl2N2O3. The number of aromatic hydroxyl groups is 1. The number of rotatable bonds is 4. The van der Waals surface area contributed by atoms with E-state index in [1.54, 1.807) is 30.3 Å². The molecule has 1 aliphatic heterocycles. The molecule has 0 saturated heterocycles. The zero-order valence-corrected chi connectivity index (χ0v) is 19.1. The Morgan fingerprint density at radius 1 is 0.935 bits per heavy atom. The van der Waals surface area contributed by atoms with Crippen LogP contribution in [0.15, 0.2) is 42.5 Å². The maximum absolute atomic E-state index is 12.9. The predicted molar refractivity (Wildman–Crippen MR) is 127 cm³/mol. The van der Waals surface area contributed by atoms with Gasteiger partial charge in [0.25, 0.3) is 11.8 Å². The molecule has 2 amide bonds. The number of nitrogens with one attached hydrogen (secondary N) is 1. The second-order valence-electron chi connectivity index (χ2n) is 7.34. The molecule has 2 N–H and O–H groups in total. The fourth-order valence-corrected chi connectivity index (χ4v) is 5.20. The summed E-state index contributed by atoms with van der Waals surface area (Å²) in [6.45, 7) is 0.681. The van der Waals surface area contributed by atoms with Crippen molar-refractivity contribution in [3.63, 3.8) is 0 Å². The highest BCUT2D eigenvalue weighted by Crippen LogP contribution is 2.44. The van der Waals surface area contributed by atoms with Gasteiger partial charge in [0.1, 0.15) is 5.75 Å². The Bertz CT molecular complexity index is 1410. The van der Waals surface area contributed by atoms with Gasteiger partial charge in [-0.05, 0) is 42.8 Å². The highest BCUT2D eigenvalue weighted by atomic mass is 79.9. The molecule has 156 valence electrons. The number of fused-ring (bicyclic) bond motifs is 5. The zero-order valence-electron chi connectivity index (χ0n) is 16.0. The first-order chi connectivity index (χ1) is 14.9. The molecule has 0 atom stereocenters. The summed E-state index contributed by atoms with van der Waals surface area (Å²) < 4.78 is 2.09. The van der Waals surface area contributed by atoms with Crippen molar-refractivity contribution in [1.82, 2.24) is 9.88 Å². The van der Waals surface area contributed by atoms with E-state index in [2.05, 4.69) is 25.8 Å². The van der Waals surface area contributed by atoms with Gasteiger partial charge in [0.05, 0.1) is 16.6 Å². The molecular weight excluding hydrogens is 503 g/mol. The molecule has 0 fully saturated rings. The lowest BCUT2D eigenvalue weighted by Gasteiger charge is -2.13. The molecule has 0 bridgehead atoms. The molecule has 31 heavy (non-hydrogen) atoms. The minimum Gasteiger partial charge on any atom is -0.508 e. The van der Waals surface area contributed by atoms with E-state index in [0.717, 1.165) is 22.8 Å². The molecule has 0 aliphatic carbocycles. The maximum Gasteiger partial charge on any atom is 0.259 e. The van der Waals surface area contributed by atoms with E-state index in [0.29, 0.717) is 38.5 Å². The van der Waals surface area contributed by atoms with Gasteiger partial charge in [0.2, 0.25) is 0 Å². The van der Waals surface area contributed by atoms with Gasteiger partial charge in [-0.1, -0.05) is 45.2 Å². The van der Waals surface area contributed by atoms with Crippen LogP contribution in [0.3, 0.4) is 0 Å². The number of carbonyl (C=O) groups is 2. The van der Waals surface area contributed by atoms with Crippen LogP contribution in [0.5, 0.6) is 5.75 Å². The number of hydrogen-bond acceptors (Lipinski definition) is 3. The van der Waals surface area contributed by atoms with Crippen LogP contribution in [0.2, 0.25) is 10.0 Å². The summed E-state index contributed by atoms with van der Waals surface area (Å²) in [6.07, 6.45) is 0.851. The normalized spacial score (nSPS) is 13.3. The van der Waals surface area contributed by atoms with Crippen LogP contribution in [-0.2, 0) is 6.54 Å². The quantitative estimate of drug-likeness (QED) is 0.252. The molecule has 5 nitrogen and oxygen atoms in total. The average molecular weight is 518 g/mol. The Balaban J connectivity index is 2.00. The summed E-state index contributed by atoms with van der Waals surface area (Å²) in [5.74, 6) is -0.879. The number of imide groups is 1. The Hall–Kier alpha value is -2.54. The number of nitrogens with zero attached hydrogens (tertiary/aromatic N) is 1. The number of halogens is 3. The third kappa shape index (κ3) is 3.04. The third-order valence-electron chi connectivity index (χ3n) is 5.57. The Labute approximate surface area is 195 Å². The molecule has 1 aromatic heterocycles. The topological polar surface area (TPSA) is 71.3 Å². The van der Waals surface area contributed by atoms with Crippen LogP contribution in [0.1, 0.15) is 27.1 Å². The Kier molecular flexibility index (Phi) is 4.96. The molecule has 2 heterocycles. The van der Waals surface area contributed by atoms with E-state index in [1.165, 1.54) is 0 Å². The molecule has 1 aliphatic rings. The number of aryl methyl sites for hydroxylation is 1. The van der Waals surface area contributed by atoms with Crippen LogP contribution in [0.4, 0.5) is 0 Å². The minimum atomic E-state index is -0.491. The largest absolute Gasteiger partial charge is 0.508 e. The predicted octanol–water partition coefficient (Wildman–Crippen LogP) is 6.14. The summed E-state index contributed by atoms with van der Waals surface area (Å²) in [6, 6.07) is 12.1. The lowest BCUT2D eigenvalue weighted by atomic mass is 9.92. The van der Waals surface area contributed by atoms with Crippen molar-refractivity contribution >= 4 is 72.8 Å². The van der Waals surface area contributed by atoms with Gasteiger partial charge in [-0.3, -0.25) is 14.9 Å². The first-order valence-corrected chi connectivity index (χ1v) is 11.5. The van der Waals surface area contributed by atoms with Crippen molar-refractivity contribution in [2.75, 3.05) is 5.33 Å². The number of phenols is 1. The molecule has 8 heteroatoms. The van der Waals surface area contributed by atoms with Crippen LogP contribution >= 0.6 is 39.1 Å². The molecule has 5 rings (SSSR count). The van der Waals surface area contributed by atoms with Crippen molar-refractivity contribution in [1.29, 1.82) is 0 Å². The third-order valence-corrected chi connectivity index (χ3v) is 6.76. The van der Waals surface area contributed by atoms with E-state index in [4.69, 9.17) is 23.2 Å². The number of benzene rings is 3. The standard InChI is InChI=1S/C23H15BrCl2N2O3/c24-7-2-8-28-16-6-5-11(29)9-12(16)19-17(28)10-13(18-14(25)3-1-4-15(18)26)20-21(19)23(31)27-22(20)30/h1,3-6,9-10,29H,2,7-8H2,(H,27,30,31). The number of aromatic nitrogens is 1. The van der Waals surface area contributed by atoms with Crippen molar-refractivity contribution < 1.29 is 14.7 Å². The molecule has 0 radical (unpaired) electrons. The van der Waals surface area contributed by atoms with Crippen molar-refractivity contribution in [3.8, 4) is 16.9 Å². The van der Waals surface area contributed by atoms with Gasteiger partial charge < -0.3 is 9.67 Å². The van der Waals surface area contributed by atoms with Crippen LogP contribution in [0, 0.1) is 0 Å². The number of hydrogen-bond donors (Lipinski definition) is 2. The van der Waals surface area contributed by atoms with Crippen LogP contribution < -0.4 is 5.32 Å². The molecule has 0 unspecified atom stereocenters. The second-order valence-corrected chi connectivity index (χ2v) is 8.95. The number of carbonyl (C=O) groups excluding carboxylic acids is 2. The first-order valence-electron chi connectivity index (χ1n) is 9.60. The summed E-state index contributed by atoms with van der Waals surface area (Å²) in [5, 5.41) is 15.5. The van der Waals surface area contributed by atoms with Crippen molar-refractivity contribution in [2.24, 2.45) is 0 Å². The van der Waals surface area contributed by atoms with Gasteiger partial charge in [0, 0.05) is 49.3 Å². The smallest absolute Gasteiger partial charge is 0.259 e. The molecule has 0 spiro atoms. The first kappa shape index (κ1) is 20.4. The van der Waals surface area contributed by atoms with Gasteiger partial charge in [-0.15, -0.1) is 0 Å². The molecule has 0 saturated carbocycles. The average Bonchev–Trinajstić information content (AvgIpc) is 3.19. The lowest BCUT2D eigenvalue weighted by molar-refractivity contribution is 0.0880. The summed E-state index contributed by atoms with van der Waals surface area (Å²) in [5.41, 5.74) is 3.18. The summed E-state index contributed by atoms with van der Waals surface area (Å²) in [4.78, 5) is 25.8. The SMILES string of the molecule is O=C1NC(=O)c2c1c(-c1c(Cl)cccc1Cl)cc1c2c2cc(O)ccc2n1CCCBr. The van der Waals surface area contributed by atoms with Crippen LogP contribution in [-0.4, -0.2) is 26.8 Å². The minimum absolute atomic E-state index is 0.0868. The van der Waals surface area contributed by atoms with E-state index in [9.17, 15) is 14.7 Å². The van der Waals surface area contributed by atoms with E-state index in [1.807, 2.05) is 12.1 Å². The fourth-order valence-electron chi connectivity index (χ4n) is 4.35. The number of alkyl halides is 1. The van der Waals surface area contributed by atoms with Crippen molar-refractivity contribution in [3.05, 3.63) is 63.6 Å². The van der Waals surface area contributed by atoms with E-state index in [-0.39, 0.29) is 16.9 Å². The van der Waals surface area contributed by atoms with Crippen molar-refractivity contribution in [2.45, 2.75) is 13.0 Å². The monoisotopic (exact) mass is 516 g/mol. The summed E-state index contributed by atoms with van der Waals surface area (Å²) in [7, 11) is 0. The number of amides is 2. The van der Waals surface area contributed by atoms with Gasteiger partial charge in [-0.25, -0.2) is 0 Å². The second kappa shape index (κ2) is 7.55. The highest BCUT2D eigenvalue weighted by molar-refractivity contribution is 9.09. The zero-order chi connectivity index (χ0) is 21.9. The Morgan fingerprint density at radius 2 is 1.65 bits per heavy atom. The fraction of sp³-hybridized carbons (Fsp3) is 0.130. The Morgan fingerprint density at radius 3 is 2.35 bits per heavy atom. The maximum atomic E-state index is 12.9. The highest BCUT2D eigenvalue weighted by Gasteiger charge is 2.35.